The molecule has 3 aromatic rings. The third-order valence-corrected chi connectivity index (χ3v) is 4.48. The highest BCUT2D eigenvalue weighted by Crippen LogP contribution is 2.16. The number of amides is 1. The third kappa shape index (κ3) is 4.05. The van der Waals surface area contributed by atoms with Gasteiger partial charge in [-0.15, -0.1) is 16.9 Å². The van der Waals surface area contributed by atoms with Crippen molar-refractivity contribution in [1.29, 1.82) is 0 Å². The van der Waals surface area contributed by atoms with E-state index in [0.29, 0.717) is 30.9 Å². The Morgan fingerprint density at radius 1 is 1.12 bits per heavy atom. The first-order valence-corrected chi connectivity index (χ1v) is 8.71. The van der Waals surface area contributed by atoms with Gasteiger partial charge in [-0.25, -0.2) is 9.48 Å². The molecule has 0 aliphatic carbocycles. The van der Waals surface area contributed by atoms with Crippen LogP contribution < -0.4 is 11.0 Å². The van der Waals surface area contributed by atoms with Gasteiger partial charge in [0.2, 0.25) is 5.91 Å². The number of thioether (sulfide) groups is 1. The molecule has 124 valence electrons. The van der Waals surface area contributed by atoms with E-state index < -0.39 is 0 Å². The molecule has 0 saturated heterocycles. The molecule has 0 unspecified atom stereocenters. The Morgan fingerprint density at radius 2 is 1.92 bits per heavy atom. The van der Waals surface area contributed by atoms with E-state index in [0.717, 1.165) is 4.90 Å². The molecule has 2 heterocycles. The van der Waals surface area contributed by atoms with Gasteiger partial charge in [0.1, 0.15) is 0 Å². The number of carbonyl (C=O) groups excluding carboxylic acids is 1. The van der Waals surface area contributed by atoms with Crippen molar-refractivity contribution in [2.75, 3.05) is 12.3 Å². The Labute approximate surface area is 143 Å². The van der Waals surface area contributed by atoms with Crippen molar-refractivity contribution in [2.24, 2.45) is 0 Å². The summed E-state index contributed by atoms with van der Waals surface area (Å²) >= 11 is 1.51. The summed E-state index contributed by atoms with van der Waals surface area (Å²) in [6.45, 7) is 1.00. The van der Waals surface area contributed by atoms with Crippen LogP contribution in [0.2, 0.25) is 0 Å². The van der Waals surface area contributed by atoms with Crippen LogP contribution in [0, 0.1) is 0 Å². The fraction of sp³-hybridized carbons (Fsp3) is 0.235. The average Bonchev–Trinajstić information content (AvgIpc) is 2.94. The predicted octanol–water partition coefficient (Wildman–Crippen LogP) is 1.79. The van der Waals surface area contributed by atoms with E-state index in [9.17, 15) is 9.59 Å². The quantitative estimate of drug-likeness (QED) is 0.525. The number of rotatable bonds is 7. The van der Waals surface area contributed by atoms with E-state index in [2.05, 4.69) is 10.4 Å². The molecule has 0 aliphatic heterocycles. The van der Waals surface area contributed by atoms with Crippen LogP contribution in [0.1, 0.15) is 6.42 Å². The lowest BCUT2D eigenvalue weighted by Crippen LogP contribution is -2.28. The lowest BCUT2D eigenvalue weighted by molar-refractivity contribution is -0.118. The van der Waals surface area contributed by atoms with E-state index in [1.807, 2.05) is 36.4 Å². The van der Waals surface area contributed by atoms with Gasteiger partial charge in [-0.3, -0.25) is 9.20 Å². The van der Waals surface area contributed by atoms with Crippen LogP contribution in [-0.4, -0.2) is 32.4 Å². The number of nitrogens with one attached hydrogen (secondary N) is 1. The molecule has 0 fully saturated rings. The molecular formula is C17H18N4O2S. The predicted molar refractivity (Wildman–Crippen MR) is 94.2 cm³/mol. The second-order valence-corrected chi connectivity index (χ2v) is 6.29. The monoisotopic (exact) mass is 342 g/mol. The number of hydrogen-bond donors (Lipinski definition) is 1. The minimum absolute atomic E-state index is 0.00815. The zero-order valence-electron chi connectivity index (χ0n) is 13.1. The van der Waals surface area contributed by atoms with Gasteiger partial charge < -0.3 is 5.32 Å². The lowest BCUT2D eigenvalue weighted by atomic mass is 10.4. The van der Waals surface area contributed by atoms with E-state index in [4.69, 9.17) is 0 Å². The van der Waals surface area contributed by atoms with E-state index in [-0.39, 0.29) is 11.6 Å². The molecule has 1 N–H and O–H groups in total. The van der Waals surface area contributed by atoms with E-state index in [1.54, 1.807) is 18.3 Å². The van der Waals surface area contributed by atoms with Gasteiger partial charge >= 0.3 is 5.69 Å². The minimum atomic E-state index is -0.156. The molecule has 1 aromatic carbocycles. The van der Waals surface area contributed by atoms with Crippen molar-refractivity contribution in [3.05, 3.63) is 65.2 Å². The number of hydrogen-bond acceptors (Lipinski definition) is 4. The maximum absolute atomic E-state index is 12.1. The summed E-state index contributed by atoms with van der Waals surface area (Å²) < 4.78 is 2.94. The van der Waals surface area contributed by atoms with Crippen LogP contribution in [-0.2, 0) is 11.3 Å². The summed E-state index contributed by atoms with van der Waals surface area (Å²) in [6.07, 6.45) is 2.36. The van der Waals surface area contributed by atoms with Crippen LogP contribution >= 0.6 is 11.8 Å². The number of carbonyl (C=O) groups is 1. The van der Waals surface area contributed by atoms with Gasteiger partial charge in [0, 0.05) is 24.2 Å². The molecule has 1 amide bonds. The van der Waals surface area contributed by atoms with Gasteiger partial charge in [-0.05, 0) is 30.7 Å². The van der Waals surface area contributed by atoms with Crippen molar-refractivity contribution >= 4 is 23.3 Å². The minimum Gasteiger partial charge on any atom is -0.355 e. The van der Waals surface area contributed by atoms with E-state index in [1.165, 1.54) is 20.8 Å². The molecular weight excluding hydrogens is 324 g/mol. The SMILES string of the molecule is O=C(CSc1ccccc1)NCCCn1nc2ccccn2c1=O. The Bertz CT molecular complexity index is 873. The number of aryl methyl sites for hydroxylation is 1. The maximum atomic E-state index is 12.1. The molecule has 0 aliphatic rings. The van der Waals surface area contributed by atoms with Gasteiger partial charge in [-0.2, -0.15) is 0 Å². The fourth-order valence-corrected chi connectivity index (χ4v) is 3.04. The highest BCUT2D eigenvalue weighted by atomic mass is 32.2. The van der Waals surface area contributed by atoms with Crippen molar-refractivity contribution in [3.63, 3.8) is 0 Å². The molecule has 0 spiro atoms. The van der Waals surface area contributed by atoms with Crippen molar-refractivity contribution in [3.8, 4) is 0 Å². The first-order chi connectivity index (χ1) is 11.7. The maximum Gasteiger partial charge on any atom is 0.350 e. The normalized spacial score (nSPS) is 10.8. The topological polar surface area (TPSA) is 68.4 Å². The Kier molecular flexibility index (Phi) is 5.32. The molecule has 0 saturated carbocycles. The summed E-state index contributed by atoms with van der Waals surface area (Å²) in [5, 5.41) is 7.12. The van der Waals surface area contributed by atoms with Crippen LogP contribution in [0.3, 0.4) is 0 Å². The Balaban J connectivity index is 1.42. The second kappa shape index (κ2) is 7.83. The first kappa shape index (κ1) is 16.3. The fourth-order valence-electron chi connectivity index (χ4n) is 2.29. The van der Waals surface area contributed by atoms with Crippen LogP contribution in [0.5, 0.6) is 0 Å². The Morgan fingerprint density at radius 3 is 2.71 bits per heavy atom. The summed E-state index contributed by atoms with van der Waals surface area (Å²) in [7, 11) is 0. The summed E-state index contributed by atoms with van der Waals surface area (Å²) in [4.78, 5) is 25.0. The molecule has 0 radical (unpaired) electrons. The highest BCUT2D eigenvalue weighted by molar-refractivity contribution is 8.00. The third-order valence-electron chi connectivity index (χ3n) is 3.47. The van der Waals surface area contributed by atoms with Gasteiger partial charge in [0.25, 0.3) is 0 Å². The summed E-state index contributed by atoms with van der Waals surface area (Å²) in [6, 6.07) is 15.2. The summed E-state index contributed by atoms with van der Waals surface area (Å²) in [5.41, 5.74) is 0.474. The van der Waals surface area contributed by atoms with Crippen molar-refractivity contribution < 1.29 is 4.79 Å². The Hall–Kier alpha value is -2.54. The molecule has 2 aromatic heterocycles. The van der Waals surface area contributed by atoms with Crippen molar-refractivity contribution in [2.45, 2.75) is 17.9 Å². The standard InChI is InChI=1S/C17H18N4O2S/c22-16(13-24-14-7-2-1-3-8-14)18-10-6-12-21-17(23)20-11-5-4-9-15(20)19-21/h1-5,7-9,11H,6,10,12-13H2,(H,18,22). The zero-order chi connectivity index (χ0) is 16.8. The highest BCUT2D eigenvalue weighted by Gasteiger charge is 2.06. The zero-order valence-corrected chi connectivity index (χ0v) is 13.9. The molecule has 0 bridgehead atoms. The largest absolute Gasteiger partial charge is 0.355 e. The number of pyridine rings is 1. The van der Waals surface area contributed by atoms with Crippen molar-refractivity contribution in [1.82, 2.24) is 19.5 Å². The van der Waals surface area contributed by atoms with E-state index >= 15 is 0 Å². The molecule has 6 nitrogen and oxygen atoms in total. The van der Waals surface area contributed by atoms with Gasteiger partial charge in [0.15, 0.2) is 5.65 Å². The van der Waals surface area contributed by atoms with Gasteiger partial charge in [-0.1, -0.05) is 24.3 Å². The summed E-state index contributed by atoms with van der Waals surface area (Å²) in [5.74, 6) is 0.379. The number of aromatic nitrogens is 3. The smallest absolute Gasteiger partial charge is 0.350 e. The number of nitrogens with zero attached hydrogens (tertiary/aromatic N) is 3. The van der Waals surface area contributed by atoms with Gasteiger partial charge in [0.05, 0.1) is 5.75 Å². The van der Waals surface area contributed by atoms with Crippen LogP contribution in [0.25, 0.3) is 5.65 Å². The van der Waals surface area contributed by atoms with Crippen LogP contribution in [0.15, 0.2) is 64.4 Å². The lowest BCUT2D eigenvalue weighted by Gasteiger charge is -2.05. The molecule has 3 rings (SSSR count). The first-order valence-electron chi connectivity index (χ1n) is 7.73. The van der Waals surface area contributed by atoms with Crippen LogP contribution in [0.4, 0.5) is 0 Å². The molecule has 0 atom stereocenters. The average molecular weight is 342 g/mol. The molecule has 7 heteroatoms. The number of fused-ring (bicyclic) bond motifs is 1. The second-order valence-electron chi connectivity index (χ2n) is 5.24. The number of benzene rings is 1. The molecule has 24 heavy (non-hydrogen) atoms.